The maximum Gasteiger partial charge on any atom is 0.270 e. The van der Waals surface area contributed by atoms with E-state index in [4.69, 9.17) is 13.1 Å². The van der Waals surface area contributed by atoms with Gasteiger partial charge < -0.3 is 0 Å². The average molecular weight is 535 g/mol. The molecule has 0 fully saturated rings. The Morgan fingerprint density at radius 3 is 1.52 bits per heavy atom. The van der Waals surface area contributed by atoms with Crippen molar-refractivity contribution in [3.05, 3.63) is 141 Å². The van der Waals surface area contributed by atoms with E-state index in [1.165, 1.54) is 0 Å². The van der Waals surface area contributed by atoms with Crippen LogP contribution in [0.4, 0.5) is 0 Å². The highest BCUT2D eigenvalue weighted by atomic mass is 14.7. The van der Waals surface area contributed by atoms with Gasteiger partial charge in [0.05, 0.1) is 36.7 Å². The summed E-state index contributed by atoms with van der Waals surface area (Å²) in [6.45, 7) is 15.9. The Morgan fingerprint density at radius 1 is 0.643 bits per heavy atom. The molecule has 5 aromatic rings. The molecule has 0 aliphatic heterocycles. The molecular weight excluding hydrogens is 516 g/mol. The Morgan fingerprint density at radius 2 is 1.12 bits per heavy atom. The number of pyridine rings is 2. The standard InChI is InChI=1S/C36H18N6/c1-39-31(19-37)33-27-15-21-9-11-23(29-7-3-5-13-41-29)17-25(21)34(27)36(32(20-38)40-2)35-26-18-24(30-8-4-6-14-42-30)12-10-22(26)16-28(33)35/h3-14,17-18H,15-16H2. The van der Waals surface area contributed by atoms with Crippen LogP contribution in [0.15, 0.2) is 85.2 Å². The van der Waals surface area contributed by atoms with Gasteiger partial charge in [0, 0.05) is 28.7 Å². The van der Waals surface area contributed by atoms with Crippen LogP contribution >= 0.6 is 0 Å². The monoisotopic (exact) mass is 534 g/mol. The molecule has 0 spiro atoms. The highest BCUT2D eigenvalue weighted by Gasteiger charge is 2.32. The highest BCUT2D eigenvalue weighted by Crippen LogP contribution is 2.42. The summed E-state index contributed by atoms with van der Waals surface area (Å²) >= 11 is 0. The topological polar surface area (TPSA) is 82.1 Å². The van der Waals surface area contributed by atoms with Crippen molar-refractivity contribution < 1.29 is 0 Å². The molecule has 2 aromatic heterocycles. The van der Waals surface area contributed by atoms with Gasteiger partial charge in [-0.2, -0.15) is 0 Å². The van der Waals surface area contributed by atoms with Gasteiger partial charge in [0.1, 0.15) is 0 Å². The van der Waals surface area contributed by atoms with Gasteiger partial charge in [-0.25, -0.2) is 20.2 Å². The minimum Gasteiger partial charge on any atom is -0.256 e. The molecule has 0 radical (unpaired) electrons. The predicted octanol–water partition coefficient (Wildman–Crippen LogP) is 6.06. The lowest BCUT2D eigenvalue weighted by Gasteiger charge is -2.14. The molecule has 6 nitrogen and oxygen atoms in total. The van der Waals surface area contributed by atoms with Crippen molar-refractivity contribution in [2.75, 3.05) is 0 Å². The third kappa shape index (κ3) is 3.61. The van der Waals surface area contributed by atoms with Crippen LogP contribution in [0.3, 0.4) is 0 Å². The van der Waals surface area contributed by atoms with E-state index in [0.717, 1.165) is 67.0 Å². The molecule has 2 aliphatic rings. The molecule has 0 amide bonds. The van der Waals surface area contributed by atoms with Crippen LogP contribution in [0, 0.1) is 35.8 Å². The average Bonchev–Trinajstić information content (AvgIpc) is 3.61. The van der Waals surface area contributed by atoms with Crippen molar-refractivity contribution in [2.24, 2.45) is 0 Å². The number of rotatable bonds is 2. The molecule has 3 aromatic carbocycles. The van der Waals surface area contributed by atoms with Crippen molar-refractivity contribution >= 4 is 11.4 Å². The molecule has 7 rings (SSSR count). The summed E-state index contributed by atoms with van der Waals surface area (Å²) in [4.78, 5) is 16.4. The number of hydrogen-bond donors (Lipinski definition) is 0. The normalized spacial score (nSPS) is 11.5. The summed E-state index contributed by atoms with van der Waals surface area (Å²) < 4.78 is 0. The van der Waals surface area contributed by atoms with Crippen LogP contribution in [0.1, 0.15) is 22.3 Å². The lowest BCUT2D eigenvalue weighted by Crippen LogP contribution is -2.25. The van der Waals surface area contributed by atoms with Crippen LogP contribution in [0.5, 0.6) is 0 Å². The first-order valence-electron chi connectivity index (χ1n) is 13.3. The van der Waals surface area contributed by atoms with Crippen molar-refractivity contribution in [3.8, 4) is 56.9 Å². The lowest BCUT2D eigenvalue weighted by molar-refractivity contribution is 1.17. The van der Waals surface area contributed by atoms with E-state index in [1.54, 1.807) is 12.4 Å². The molecule has 0 atom stereocenters. The van der Waals surface area contributed by atoms with Gasteiger partial charge in [0.2, 0.25) is 0 Å². The molecule has 2 aliphatic carbocycles. The Labute approximate surface area is 242 Å². The van der Waals surface area contributed by atoms with Gasteiger partial charge in [0.15, 0.2) is 0 Å². The highest BCUT2D eigenvalue weighted by molar-refractivity contribution is 5.94. The number of fused-ring (bicyclic) bond motifs is 6. The van der Waals surface area contributed by atoms with E-state index in [1.807, 2.05) is 72.8 Å². The smallest absolute Gasteiger partial charge is 0.256 e. The van der Waals surface area contributed by atoms with Crippen LogP contribution in [-0.2, 0) is 12.8 Å². The van der Waals surface area contributed by atoms with Crippen molar-refractivity contribution in [2.45, 2.75) is 12.8 Å². The summed E-state index contributed by atoms with van der Waals surface area (Å²) in [6.07, 6.45) is 4.48. The van der Waals surface area contributed by atoms with Crippen LogP contribution in [-0.4, -0.2) is 9.97 Å². The molecule has 0 saturated heterocycles. The fourth-order valence-corrected chi connectivity index (χ4v) is 6.30. The summed E-state index contributed by atoms with van der Waals surface area (Å²) in [6, 6.07) is 28.0. The lowest BCUT2D eigenvalue weighted by atomic mass is 9.89. The fourth-order valence-electron chi connectivity index (χ4n) is 6.30. The Hall–Kier alpha value is -6.34. The molecule has 0 saturated carbocycles. The number of nitriles is 2. The van der Waals surface area contributed by atoms with Gasteiger partial charge in [0.25, 0.3) is 11.4 Å². The van der Waals surface area contributed by atoms with Gasteiger partial charge >= 0.3 is 0 Å². The number of benzene rings is 3. The second kappa shape index (κ2) is 9.69. The molecule has 192 valence electrons. The largest absolute Gasteiger partial charge is 0.270 e. The second-order valence-electron chi connectivity index (χ2n) is 10.1. The fraction of sp³-hybridized carbons (Fsp3) is 0.0556. The first-order valence-corrected chi connectivity index (χ1v) is 13.3. The van der Waals surface area contributed by atoms with Crippen molar-refractivity contribution in [1.82, 2.24) is 9.97 Å². The van der Waals surface area contributed by atoms with Crippen LogP contribution < -0.4 is 10.4 Å². The zero-order chi connectivity index (χ0) is 28.8. The Kier molecular flexibility index (Phi) is 5.69. The predicted molar refractivity (Wildman–Crippen MR) is 160 cm³/mol. The zero-order valence-electron chi connectivity index (χ0n) is 22.2. The molecule has 6 heteroatoms. The zero-order valence-corrected chi connectivity index (χ0v) is 22.2. The summed E-state index contributed by atoms with van der Waals surface area (Å²) in [7, 11) is 0. The van der Waals surface area contributed by atoms with Gasteiger partial charge in [-0.15, -0.1) is 0 Å². The van der Waals surface area contributed by atoms with E-state index in [2.05, 4.69) is 31.8 Å². The van der Waals surface area contributed by atoms with E-state index in [-0.39, 0.29) is 11.4 Å². The molecular formula is C36H18N6. The van der Waals surface area contributed by atoms with E-state index in [9.17, 15) is 10.5 Å². The molecule has 0 unspecified atom stereocenters. The SMILES string of the molecule is [C-]#[N+]C(C#N)=c1c2c(c(=C(C#N)[N+]#[C-])c3c1Cc1ccc(-c4ccccn4)cc1-3)-c1cc(-c3ccccn3)ccc1C2. The van der Waals surface area contributed by atoms with E-state index >= 15 is 0 Å². The molecule has 2 heterocycles. The van der Waals surface area contributed by atoms with E-state index in [0.29, 0.717) is 23.3 Å². The van der Waals surface area contributed by atoms with Gasteiger partial charge in [-0.1, -0.05) is 36.4 Å². The summed E-state index contributed by atoms with van der Waals surface area (Å²) in [5.41, 5.74) is 10.4. The van der Waals surface area contributed by atoms with E-state index < -0.39 is 0 Å². The van der Waals surface area contributed by atoms with Crippen LogP contribution in [0.25, 0.3) is 65.9 Å². The maximum absolute atomic E-state index is 10.2. The van der Waals surface area contributed by atoms with Gasteiger partial charge in [-0.3, -0.25) is 9.97 Å². The van der Waals surface area contributed by atoms with Gasteiger partial charge in [-0.05, 0) is 99.0 Å². The quantitative estimate of drug-likeness (QED) is 0.253. The number of hydrogen-bond acceptors (Lipinski definition) is 4. The summed E-state index contributed by atoms with van der Waals surface area (Å²) in [5, 5.41) is 21.5. The molecule has 0 N–H and O–H groups in total. The van der Waals surface area contributed by atoms with Crippen molar-refractivity contribution in [3.63, 3.8) is 0 Å². The maximum atomic E-state index is 10.2. The third-order valence-corrected chi connectivity index (χ3v) is 8.03. The number of nitrogens with zero attached hydrogens (tertiary/aromatic N) is 6. The Bertz CT molecular complexity index is 2120. The molecule has 0 bridgehead atoms. The molecule has 42 heavy (non-hydrogen) atoms. The first kappa shape index (κ1) is 24.7. The van der Waals surface area contributed by atoms with Crippen molar-refractivity contribution in [1.29, 1.82) is 10.5 Å². The Balaban J connectivity index is 1.65. The second-order valence-corrected chi connectivity index (χ2v) is 10.1. The third-order valence-electron chi connectivity index (χ3n) is 8.03. The first-order chi connectivity index (χ1) is 20.7. The minimum absolute atomic E-state index is 0.0115. The van der Waals surface area contributed by atoms with Crippen LogP contribution in [0.2, 0.25) is 0 Å². The summed E-state index contributed by atoms with van der Waals surface area (Å²) in [5.74, 6) is 0. The minimum atomic E-state index is -0.0115. The number of aromatic nitrogens is 2.